The molecule has 124 valence electrons. The van der Waals surface area contributed by atoms with Crippen LogP contribution in [0.25, 0.3) is 0 Å². The Morgan fingerprint density at radius 3 is 2.61 bits per heavy atom. The largest absolute Gasteiger partial charge is 0.459 e. The Bertz CT molecular complexity index is 633. The average Bonchev–Trinajstić information content (AvgIpc) is 3.22. The molecule has 2 N–H and O–H groups in total. The van der Waals surface area contributed by atoms with E-state index >= 15 is 0 Å². The fraction of sp³-hybridized carbons (Fsp3) is 0.375. The Morgan fingerprint density at radius 1 is 1.17 bits per heavy atom. The zero-order valence-electron chi connectivity index (χ0n) is 13.3. The number of anilines is 1. The van der Waals surface area contributed by atoms with Crippen molar-refractivity contribution in [1.29, 1.82) is 0 Å². The fourth-order valence-corrected chi connectivity index (χ4v) is 2.88. The number of hydrogen-bond donors (Lipinski definition) is 2. The third kappa shape index (κ3) is 4.94. The summed E-state index contributed by atoms with van der Waals surface area (Å²) in [5.74, 6) is -0.213. The van der Waals surface area contributed by atoms with Gasteiger partial charge in [0.25, 0.3) is 11.8 Å². The van der Waals surface area contributed by atoms with Crippen LogP contribution >= 0.6 is 11.3 Å². The van der Waals surface area contributed by atoms with E-state index in [9.17, 15) is 9.59 Å². The number of nitrogens with one attached hydrogen (secondary N) is 2. The van der Waals surface area contributed by atoms with E-state index < -0.39 is 0 Å². The van der Waals surface area contributed by atoms with Crippen molar-refractivity contribution < 1.29 is 14.0 Å². The molecule has 2 heterocycles. The Balaban J connectivity index is 1.84. The molecule has 0 fully saturated rings. The Kier molecular flexibility index (Phi) is 6.37. The third-order valence-electron chi connectivity index (χ3n) is 3.42. The summed E-state index contributed by atoms with van der Waals surface area (Å²) in [5.41, 5.74) is 0. The van der Waals surface area contributed by atoms with Crippen molar-refractivity contribution >= 4 is 28.2 Å². The fourth-order valence-electron chi connectivity index (χ4n) is 2.06. The molecule has 0 saturated heterocycles. The number of hydrogen-bond acceptors (Lipinski definition) is 5. The van der Waals surface area contributed by atoms with Gasteiger partial charge < -0.3 is 20.0 Å². The van der Waals surface area contributed by atoms with E-state index in [1.807, 2.05) is 0 Å². The molecule has 6 nitrogen and oxygen atoms in total. The number of carbonyl (C=O) groups is 2. The van der Waals surface area contributed by atoms with Crippen LogP contribution in [0, 0.1) is 0 Å². The predicted octanol–water partition coefficient (Wildman–Crippen LogP) is 2.67. The highest BCUT2D eigenvalue weighted by atomic mass is 32.1. The summed E-state index contributed by atoms with van der Waals surface area (Å²) in [6.07, 6.45) is 1.44. The minimum atomic E-state index is -0.328. The molecule has 0 aliphatic heterocycles. The molecule has 0 aliphatic rings. The zero-order valence-corrected chi connectivity index (χ0v) is 14.1. The molecule has 7 heteroatoms. The van der Waals surface area contributed by atoms with Gasteiger partial charge in [0.1, 0.15) is 0 Å². The van der Waals surface area contributed by atoms with Crippen LogP contribution in [0.1, 0.15) is 34.1 Å². The summed E-state index contributed by atoms with van der Waals surface area (Å²) in [7, 11) is 0. The number of rotatable bonds is 8. The molecule has 0 radical (unpaired) electrons. The highest BCUT2D eigenvalue weighted by Crippen LogP contribution is 2.22. The van der Waals surface area contributed by atoms with Gasteiger partial charge in [0.2, 0.25) is 0 Å². The second-order valence-corrected chi connectivity index (χ2v) is 5.96. The molecule has 0 atom stereocenters. The van der Waals surface area contributed by atoms with Crippen LogP contribution in [0.5, 0.6) is 0 Å². The minimum absolute atomic E-state index is 0.124. The number of furan rings is 1. The number of thiophene rings is 1. The van der Waals surface area contributed by atoms with Gasteiger partial charge in [0.15, 0.2) is 5.76 Å². The highest BCUT2D eigenvalue weighted by molar-refractivity contribution is 7.18. The smallest absolute Gasteiger partial charge is 0.291 e. The minimum Gasteiger partial charge on any atom is -0.459 e. The van der Waals surface area contributed by atoms with Gasteiger partial charge in [-0.3, -0.25) is 9.59 Å². The normalized spacial score (nSPS) is 10.7. The summed E-state index contributed by atoms with van der Waals surface area (Å²) in [4.78, 5) is 26.8. The first kappa shape index (κ1) is 17.2. The molecule has 2 aromatic heterocycles. The monoisotopic (exact) mass is 335 g/mol. The second kappa shape index (κ2) is 8.50. The van der Waals surface area contributed by atoms with Crippen molar-refractivity contribution in [2.75, 3.05) is 31.5 Å². The van der Waals surface area contributed by atoms with Gasteiger partial charge in [-0.25, -0.2) is 0 Å². The lowest BCUT2D eigenvalue weighted by molar-refractivity contribution is 0.0951. The predicted molar refractivity (Wildman–Crippen MR) is 91.1 cm³/mol. The maximum Gasteiger partial charge on any atom is 0.291 e. The maximum absolute atomic E-state index is 12.1. The van der Waals surface area contributed by atoms with E-state index in [2.05, 4.69) is 29.4 Å². The first-order chi connectivity index (χ1) is 11.1. The molecule has 23 heavy (non-hydrogen) atoms. The van der Waals surface area contributed by atoms with Gasteiger partial charge in [0.05, 0.1) is 16.1 Å². The summed E-state index contributed by atoms with van der Waals surface area (Å²) in [6, 6.07) is 6.65. The van der Waals surface area contributed by atoms with Crippen LogP contribution in [0.4, 0.5) is 5.00 Å². The molecule has 2 rings (SSSR count). The van der Waals surface area contributed by atoms with Crippen LogP contribution in [0.15, 0.2) is 34.9 Å². The van der Waals surface area contributed by atoms with Crippen molar-refractivity contribution in [3.05, 3.63) is 41.2 Å². The van der Waals surface area contributed by atoms with E-state index in [1.54, 1.807) is 24.3 Å². The van der Waals surface area contributed by atoms with Gasteiger partial charge in [0, 0.05) is 13.1 Å². The summed E-state index contributed by atoms with van der Waals surface area (Å²) < 4.78 is 5.03. The van der Waals surface area contributed by atoms with Crippen molar-refractivity contribution in [3.63, 3.8) is 0 Å². The van der Waals surface area contributed by atoms with E-state index in [0.29, 0.717) is 16.4 Å². The quantitative estimate of drug-likeness (QED) is 0.778. The number of amides is 2. The average molecular weight is 335 g/mol. The Morgan fingerprint density at radius 2 is 1.96 bits per heavy atom. The van der Waals surface area contributed by atoms with Gasteiger partial charge in [-0.1, -0.05) is 13.8 Å². The zero-order chi connectivity index (χ0) is 16.7. The molecular formula is C16H21N3O3S. The molecule has 0 spiro atoms. The molecule has 2 aromatic rings. The molecule has 0 aromatic carbocycles. The lowest BCUT2D eigenvalue weighted by Gasteiger charge is -2.17. The van der Waals surface area contributed by atoms with Crippen LogP contribution in [0.3, 0.4) is 0 Å². The third-order valence-corrected chi connectivity index (χ3v) is 4.42. The Hall–Kier alpha value is -2.12. The molecule has 0 bridgehead atoms. The van der Waals surface area contributed by atoms with Crippen LogP contribution in [0.2, 0.25) is 0 Å². The standard InChI is InChI=1S/C16H21N3O3S/c1-3-19(4-2)10-9-17-16(21)13-7-8-14(23-13)18-15(20)12-6-5-11-22-12/h5-8,11H,3-4,9-10H2,1-2H3,(H,17,21)(H,18,20). The van der Waals surface area contributed by atoms with Gasteiger partial charge in [-0.15, -0.1) is 11.3 Å². The highest BCUT2D eigenvalue weighted by Gasteiger charge is 2.13. The van der Waals surface area contributed by atoms with Crippen LogP contribution in [-0.2, 0) is 0 Å². The van der Waals surface area contributed by atoms with Gasteiger partial charge in [-0.05, 0) is 37.4 Å². The Labute approximate surface area is 139 Å². The van der Waals surface area contributed by atoms with Crippen LogP contribution in [-0.4, -0.2) is 42.9 Å². The summed E-state index contributed by atoms with van der Waals surface area (Å²) >= 11 is 1.24. The number of carbonyl (C=O) groups excluding carboxylic acids is 2. The topological polar surface area (TPSA) is 74.6 Å². The molecule has 2 amide bonds. The lowest BCUT2D eigenvalue weighted by atomic mass is 10.4. The first-order valence-electron chi connectivity index (χ1n) is 7.59. The van der Waals surface area contributed by atoms with Crippen molar-refractivity contribution in [1.82, 2.24) is 10.2 Å². The van der Waals surface area contributed by atoms with Crippen LogP contribution < -0.4 is 10.6 Å². The van der Waals surface area contributed by atoms with Crippen molar-refractivity contribution in [2.45, 2.75) is 13.8 Å². The lowest BCUT2D eigenvalue weighted by Crippen LogP contribution is -2.34. The SMILES string of the molecule is CCN(CC)CCNC(=O)c1ccc(NC(=O)c2ccco2)s1. The van der Waals surface area contributed by atoms with E-state index in [4.69, 9.17) is 4.42 Å². The second-order valence-electron chi connectivity index (χ2n) is 4.88. The molecule has 0 unspecified atom stereocenters. The van der Waals surface area contributed by atoms with Gasteiger partial charge in [-0.2, -0.15) is 0 Å². The van der Waals surface area contributed by atoms with Gasteiger partial charge >= 0.3 is 0 Å². The molecule has 0 aliphatic carbocycles. The number of nitrogens with zero attached hydrogens (tertiary/aromatic N) is 1. The van der Waals surface area contributed by atoms with E-state index in [1.165, 1.54) is 17.6 Å². The van der Waals surface area contributed by atoms with Crippen molar-refractivity contribution in [3.8, 4) is 0 Å². The number of likely N-dealkylation sites (N-methyl/N-ethyl adjacent to an activating group) is 1. The first-order valence-corrected chi connectivity index (χ1v) is 8.41. The summed E-state index contributed by atoms with van der Waals surface area (Å²) in [6.45, 7) is 7.55. The molecular weight excluding hydrogens is 314 g/mol. The van der Waals surface area contributed by atoms with Crippen molar-refractivity contribution in [2.24, 2.45) is 0 Å². The molecule has 0 saturated carbocycles. The maximum atomic E-state index is 12.1. The summed E-state index contributed by atoms with van der Waals surface area (Å²) in [5, 5.41) is 6.21. The van der Waals surface area contributed by atoms with E-state index in [-0.39, 0.29) is 17.6 Å². The van der Waals surface area contributed by atoms with E-state index in [0.717, 1.165) is 19.6 Å².